The Hall–Kier alpha value is -1.12. The largest absolute Gasteiger partial charge is 0.416 e. The van der Waals surface area contributed by atoms with E-state index in [1.807, 2.05) is 0 Å². The lowest BCUT2D eigenvalue weighted by atomic mass is 9.90. The molecule has 1 aromatic carbocycles. The van der Waals surface area contributed by atoms with Gasteiger partial charge in [-0.05, 0) is 36.5 Å². The maximum absolute atomic E-state index is 12.7. The number of alkyl halides is 3. The summed E-state index contributed by atoms with van der Waals surface area (Å²) in [5.41, 5.74) is -1.27. The maximum Gasteiger partial charge on any atom is 0.416 e. The summed E-state index contributed by atoms with van der Waals surface area (Å²) in [5.74, 6) is 0. The van der Waals surface area contributed by atoms with Crippen molar-refractivity contribution in [1.82, 2.24) is 4.72 Å². The molecule has 0 bridgehead atoms. The molecule has 0 fully saturated rings. The predicted octanol–water partition coefficient (Wildman–Crippen LogP) is 2.70. The van der Waals surface area contributed by atoms with Crippen molar-refractivity contribution in [3.8, 4) is 0 Å². The zero-order valence-electron chi connectivity index (χ0n) is 12.7. The molecule has 1 aromatic rings. The van der Waals surface area contributed by atoms with Crippen molar-refractivity contribution < 1.29 is 26.7 Å². The first kappa shape index (κ1) is 18.9. The SMILES string of the molecule is Cc1ccc(C(F)(F)F)cc1S(=O)(=O)NCC(C)(C)CCO. The highest BCUT2D eigenvalue weighted by Crippen LogP contribution is 2.31. The number of halogens is 3. The van der Waals surface area contributed by atoms with Gasteiger partial charge in [-0.15, -0.1) is 0 Å². The quantitative estimate of drug-likeness (QED) is 0.837. The van der Waals surface area contributed by atoms with Crippen molar-refractivity contribution in [3.05, 3.63) is 29.3 Å². The fourth-order valence-corrected chi connectivity index (χ4v) is 3.34. The van der Waals surface area contributed by atoms with E-state index in [4.69, 9.17) is 5.11 Å². The number of aliphatic hydroxyl groups is 1. The molecule has 0 heterocycles. The van der Waals surface area contributed by atoms with Crippen LogP contribution >= 0.6 is 0 Å². The van der Waals surface area contributed by atoms with Gasteiger partial charge in [0.2, 0.25) is 10.0 Å². The van der Waals surface area contributed by atoms with Gasteiger partial charge in [-0.1, -0.05) is 19.9 Å². The Bertz CT molecular complexity index is 625. The lowest BCUT2D eigenvalue weighted by molar-refractivity contribution is -0.137. The van der Waals surface area contributed by atoms with Crippen LogP contribution < -0.4 is 4.72 Å². The average Bonchev–Trinajstić information content (AvgIpc) is 2.35. The van der Waals surface area contributed by atoms with E-state index < -0.39 is 27.2 Å². The van der Waals surface area contributed by atoms with Crippen molar-refractivity contribution in [2.45, 2.75) is 38.3 Å². The minimum Gasteiger partial charge on any atom is -0.396 e. The lowest BCUT2D eigenvalue weighted by Crippen LogP contribution is -2.35. The van der Waals surface area contributed by atoms with Crippen LogP contribution in [0.25, 0.3) is 0 Å². The molecule has 0 aromatic heterocycles. The average molecular weight is 339 g/mol. The number of hydrogen-bond acceptors (Lipinski definition) is 3. The van der Waals surface area contributed by atoms with Gasteiger partial charge in [-0.3, -0.25) is 0 Å². The minimum absolute atomic E-state index is 0.0194. The van der Waals surface area contributed by atoms with E-state index >= 15 is 0 Å². The normalized spacial score (nSPS) is 13.4. The number of rotatable bonds is 6. The summed E-state index contributed by atoms with van der Waals surface area (Å²) < 4.78 is 65.0. The first-order chi connectivity index (χ1) is 9.89. The molecule has 0 saturated carbocycles. The summed E-state index contributed by atoms with van der Waals surface area (Å²) in [5, 5.41) is 8.92. The van der Waals surface area contributed by atoms with Gasteiger partial charge in [0.1, 0.15) is 0 Å². The smallest absolute Gasteiger partial charge is 0.396 e. The third-order valence-electron chi connectivity index (χ3n) is 3.33. The van der Waals surface area contributed by atoms with Gasteiger partial charge in [-0.2, -0.15) is 13.2 Å². The highest BCUT2D eigenvalue weighted by molar-refractivity contribution is 7.89. The second kappa shape index (κ2) is 6.55. The summed E-state index contributed by atoms with van der Waals surface area (Å²) in [6.45, 7) is 4.87. The van der Waals surface area contributed by atoms with E-state index in [0.29, 0.717) is 12.5 Å². The molecule has 0 unspecified atom stereocenters. The van der Waals surface area contributed by atoms with Crippen LogP contribution in [-0.4, -0.2) is 26.7 Å². The van der Waals surface area contributed by atoms with Crippen molar-refractivity contribution >= 4 is 10.0 Å². The Morgan fingerprint density at radius 1 is 1.23 bits per heavy atom. The molecule has 0 aliphatic carbocycles. The monoisotopic (exact) mass is 339 g/mol. The molecule has 0 radical (unpaired) electrons. The number of nitrogens with one attached hydrogen (secondary N) is 1. The van der Waals surface area contributed by atoms with Gasteiger partial charge in [0.05, 0.1) is 10.5 Å². The third kappa shape index (κ3) is 4.96. The van der Waals surface area contributed by atoms with Crippen LogP contribution in [0, 0.1) is 12.3 Å². The zero-order chi connectivity index (χ0) is 17.2. The molecule has 0 aliphatic heterocycles. The Kier molecular flexibility index (Phi) is 5.64. The molecular weight excluding hydrogens is 319 g/mol. The van der Waals surface area contributed by atoms with Gasteiger partial charge < -0.3 is 5.11 Å². The Labute approximate surface area is 128 Å². The summed E-state index contributed by atoms with van der Waals surface area (Å²) in [4.78, 5) is -0.387. The van der Waals surface area contributed by atoms with Gasteiger partial charge in [0.15, 0.2) is 0 Å². The number of aliphatic hydroxyl groups excluding tert-OH is 1. The zero-order valence-corrected chi connectivity index (χ0v) is 13.5. The molecule has 0 amide bonds. The van der Waals surface area contributed by atoms with E-state index in [0.717, 1.165) is 12.1 Å². The molecule has 0 aliphatic rings. The minimum atomic E-state index is -4.60. The van der Waals surface area contributed by atoms with Crippen LogP contribution in [0.2, 0.25) is 0 Å². The van der Waals surface area contributed by atoms with E-state index in [9.17, 15) is 21.6 Å². The van der Waals surface area contributed by atoms with Gasteiger partial charge >= 0.3 is 6.18 Å². The van der Waals surface area contributed by atoms with E-state index in [-0.39, 0.29) is 23.6 Å². The van der Waals surface area contributed by atoms with E-state index in [1.54, 1.807) is 13.8 Å². The summed E-state index contributed by atoms with van der Waals surface area (Å²) in [7, 11) is -4.06. The molecule has 0 atom stereocenters. The summed E-state index contributed by atoms with van der Waals surface area (Å²) in [6, 6.07) is 2.62. The lowest BCUT2D eigenvalue weighted by Gasteiger charge is -2.24. The van der Waals surface area contributed by atoms with E-state index in [1.165, 1.54) is 6.92 Å². The topological polar surface area (TPSA) is 66.4 Å². The first-order valence-corrected chi connectivity index (χ1v) is 8.16. The van der Waals surface area contributed by atoms with Crippen molar-refractivity contribution in [3.63, 3.8) is 0 Å². The predicted molar refractivity (Wildman–Crippen MR) is 76.9 cm³/mol. The standard InChI is InChI=1S/C14H20F3NO3S/c1-10-4-5-11(14(15,16)17)8-12(10)22(20,21)18-9-13(2,3)6-7-19/h4-5,8,18-19H,6-7,9H2,1-3H3. The molecule has 0 saturated heterocycles. The summed E-state index contributed by atoms with van der Waals surface area (Å²) in [6.07, 6.45) is -4.23. The van der Waals surface area contributed by atoms with Crippen molar-refractivity contribution in [1.29, 1.82) is 0 Å². The first-order valence-electron chi connectivity index (χ1n) is 6.67. The Morgan fingerprint density at radius 3 is 2.32 bits per heavy atom. The van der Waals surface area contributed by atoms with Crippen LogP contribution in [0.3, 0.4) is 0 Å². The van der Waals surface area contributed by atoms with Crippen molar-refractivity contribution in [2.75, 3.05) is 13.2 Å². The maximum atomic E-state index is 12.7. The van der Waals surface area contributed by atoms with Crippen molar-refractivity contribution in [2.24, 2.45) is 5.41 Å². The fraction of sp³-hybridized carbons (Fsp3) is 0.571. The Balaban J connectivity index is 3.08. The molecule has 8 heteroatoms. The molecule has 4 nitrogen and oxygen atoms in total. The van der Waals surface area contributed by atoms with Crippen LogP contribution in [0.1, 0.15) is 31.4 Å². The van der Waals surface area contributed by atoms with Crippen LogP contribution in [0.4, 0.5) is 13.2 Å². The van der Waals surface area contributed by atoms with Crippen LogP contribution in [0.15, 0.2) is 23.1 Å². The van der Waals surface area contributed by atoms with E-state index in [2.05, 4.69) is 4.72 Å². The third-order valence-corrected chi connectivity index (χ3v) is 4.88. The highest BCUT2D eigenvalue weighted by atomic mass is 32.2. The second-order valence-electron chi connectivity index (χ2n) is 5.94. The molecule has 1 rings (SSSR count). The van der Waals surface area contributed by atoms with Gasteiger partial charge in [0, 0.05) is 13.2 Å². The Morgan fingerprint density at radius 2 is 1.82 bits per heavy atom. The molecule has 2 N–H and O–H groups in total. The van der Waals surface area contributed by atoms with Gasteiger partial charge in [0.25, 0.3) is 0 Å². The molecular formula is C14H20F3NO3S. The fourth-order valence-electron chi connectivity index (χ4n) is 1.83. The number of sulfonamides is 1. The van der Waals surface area contributed by atoms with Crippen LogP contribution in [0.5, 0.6) is 0 Å². The number of aryl methyl sites for hydroxylation is 1. The molecule has 22 heavy (non-hydrogen) atoms. The van der Waals surface area contributed by atoms with Gasteiger partial charge in [-0.25, -0.2) is 13.1 Å². The van der Waals surface area contributed by atoms with Crippen LogP contribution in [-0.2, 0) is 16.2 Å². The number of hydrogen-bond donors (Lipinski definition) is 2. The second-order valence-corrected chi connectivity index (χ2v) is 7.68. The highest BCUT2D eigenvalue weighted by Gasteiger charge is 2.32. The summed E-state index contributed by atoms with van der Waals surface area (Å²) >= 11 is 0. The molecule has 126 valence electrons. The molecule has 0 spiro atoms. The number of benzene rings is 1.